The van der Waals surface area contributed by atoms with Crippen molar-refractivity contribution in [3.63, 3.8) is 0 Å². The molecule has 0 spiro atoms. The highest BCUT2D eigenvalue weighted by molar-refractivity contribution is 7.90. The Hall–Kier alpha value is -4.11. The molecule has 7 nitrogen and oxygen atoms in total. The number of hydrogen-bond donors (Lipinski definition) is 2. The van der Waals surface area contributed by atoms with Crippen LogP contribution < -0.4 is 5.32 Å². The van der Waals surface area contributed by atoms with Gasteiger partial charge in [-0.1, -0.05) is 36.4 Å². The SMILES string of the molecule is O=C(O)c1ccc(S(=O)(=O)/N=C2\C=C(Nc3ccccc3F)C(=O)c3ccccc32)cc1. The van der Waals surface area contributed by atoms with Crippen LogP contribution >= 0.6 is 0 Å². The van der Waals surface area contributed by atoms with Crippen LogP contribution in [-0.4, -0.2) is 31.0 Å². The van der Waals surface area contributed by atoms with E-state index in [1.165, 1.54) is 30.3 Å². The number of carbonyl (C=O) groups is 2. The summed E-state index contributed by atoms with van der Waals surface area (Å²) in [6.07, 6.45) is 1.25. The van der Waals surface area contributed by atoms with E-state index in [9.17, 15) is 22.4 Å². The summed E-state index contributed by atoms with van der Waals surface area (Å²) in [7, 11) is -4.23. The van der Waals surface area contributed by atoms with Gasteiger partial charge >= 0.3 is 5.97 Å². The van der Waals surface area contributed by atoms with Crippen LogP contribution in [0.4, 0.5) is 10.1 Å². The third-order valence-electron chi connectivity index (χ3n) is 4.73. The van der Waals surface area contributed by atoms with Gasteiger partial charge in [-0.15, -0.1) is 0 Å². The Morgan fingerprint density at radius 1 is 0.906 bits per heavy atom. The van der Waals surface area contributed by atoms with Gasteiger partial charge in [-0.2, -0.15) is 12.8 Å². The first kappa shape index (κ1) is 21.1. The second-order valence-corrected chi connectivity index (χ2v) is 8.42. The first-order valence-corrected chi connectivity index (χ1v) is 10.8. The van der Waals surface area contributed by atoms with Crippen molar-refractivity contribution in [2.45, 2.75) is 4.90 Å². The molecule has 0 radical (unpaired) electrons. The number of sulfonamides is 1. The van der Waals surface area contributed by atoms with E-state index in [1.54, 1.807) is 24.3 Å². The number of allylic oxidation sites excluding steroid dienone is 2. The van der Waals surface area contributed by atoms with Gasteiger partial charge < -0.3 is 10.4 Å². The van der Waals surface area contributed by atoms with Crippen molar-refractivity contribution in [2.24, 2.45) is 4.40 Å². The maximum absolute atomic E-state index is 14.1. The van der Waals surface area contributed by atoms with Crippen molar-refractivity contribution in [1.29, 1.82) is 0 Å². The first-order chi connectivity index (χ1) is 15.3. The van der Waals surface area contributed by atoms with Crippen LogP contribution in [0, 0.1) is 5.82 Å². The van der Waals surface area contributed by atoms with Gasteiger partial charge in [-0.3, -0.25) is 4.79 Å². The smallest absolute Gasteiger partial charge is 0.335 e. The van der Waals surface area contributed by atoms with Crippen LogP contribution in [0.25, 0.3) is 0 Å². The highest BCUT2D eigenvalue weighted by atomic mass is 32.2. The number of aromatic carboxylic acids is 1. The average Bonchev–Trinajstić information content (AvgIpc) is 2.78. The zero-order chi connectivity index (χ0) is 22.9. The van der Waals surface area contributed by atoms with E-state index >= 15 is 0 Å². The van der Waals surface area contributed by atoms with Crippen molar-refractivity contribution < 1.29 is 27.5 Å². The second kappa shape index (κ2) is 8.20. The van der Waals surface area contributed by atoms with Gasteiger partial charge in [0.1, 0.15) is 5.82 Å². The van der Waals surface area contributed by atoms with Crippen LogP contribution in [0.1, 0.15) is 26.3 Å². The fourth-order valence-electron chi connectivity index (χ4n) is 3.16. The van der Waals surface area contributed by atoms with Crippen LogP contribution in [-0.2, 0) is 10.0 Å². The number of rotatable bonds is 5. The predicted molar refractivity (Wildman–Crippen MR) is 116 cm³/mol. The molecule has 1 aliphatic rings. The number of ketones is 1. The normalized spacial score (nSPS) is 14.6. The lowest BCUT2D eigenvalue weighted by molar-refractivity contribution is 0.0696. The molecule has 3 aromatic rings. The minimum Gasteiger partial charge on any atom is -0.478 e. The highest BCUT2D eigenvalue weighted by Crippen LogP contribution is 2.26. The number of Topliss-reactive ketones (excluding diaryl/α,β-unsaturated/α-hetero) is 1. The molecule has 0 aliphatic heterocycles. The van der Waals surface area contributed by atoms with Crippen molar-refractivity contribution in [2.75, 3.05) is 5.32 Å². The Bertz CT molecular complexity index is 1410. The van der Waals surface area contributed by atoms with E-state index < -0.39 is 27.6 Å². The predicted octanol–water partition coefficient (Wildman–Crippen LogP) is 3.89. The van der Waals surface area contributed by atoms with Gasteiger partial charge in [0.2, 0.25) is 5.78 Å². The van der Waals surface area contributed by atoms with Gasteiger partial charge in [0, 0.05) is 11.1 Å². The van der Waals surface area contributed by atoms with Crippen molar-refractivity contribution >= 4 is 33.2 Å². The molecule has 0 fully saturated rings. The Balaban J connectivity index is 1.80. The molecule has 0 saturated carbocycles. The average molecular weight is 450 g/mol. The Morgan fingerprint density at radius 3 is 2.19 bits per heavy atom. The van der Waals surface area contributed by atoms with Crippen LogP contribution in [0.3, 0.4) is 0 Å². The standard InChI is InChI=1S/C23H15FN2O5S/c24-18-7-3-4-8-19(18)25-21-13-20(16-5-1-2-6-17(16)22(21)27)26-32(30,31)15-11-9-14(10-12-15)23(28)29/h1-13,25H,(H,28,29)/b26-20+. The Labute approximate surface area is 182 Å². The number of carbonyl (C=O) groups excluding carboxylic acids is 1. The third-order valence-corrected chi connectivity index (χ3v) is 6.04. The van der Waals surface area contributed by atoms with Crippen molar-refractivity contribution in [1.82, 2.24) is 0 Å². The van der Waals surface area contributed by atoms with E-state index in [2.05, 4.69) is 9.71 Å². The van der Waals surface area contributed by atoms with Gasteiger partial charge in [0.15, 0.2) is 0 Å². The fourth-order valence-corrected chi connectivity index (χ4v) is 4.15. The molecule has 1 aliphatic carbocycles. The van der Waals surface area contributed by atoms with Gasteiger partial charge in [-0.05, 0) is 42.5 Å². The number of nitrogens with one attached hydrogen (secondary N) is 1. The molecule has 0 aromatic heterocycles. The Kier molecular flexibility index (Phi) is 5.41. The zero-order valence-corrected chi connectivity index (χ0v) is 17.1. The number of halogens is 1. The molecule has 2 N–H and O–H groups in total. The largest absolute Gasteiger partial charge is 0.478 e. The number of carboxylic acids is 1. The maximum atomic E-state index is 14.1. The number of benzene rings is 3. The van der Waals surface area contributed by atoms with E-state index in [4.69, 9.17) is 5.11 Å². The molecule has 32 heavy (non-hydrogen) atoms. The molecule has 0 heterocycles. The summed E-state index contributed by atoms with van der Waals surface area (Å²) in [5.41, 5.74) is 0.455. The summed E-state index contributed by atoms with van der Waals surface area (Å²) in [6, 6.07) is 16.7. The van der Waals surface area contributed by atoms with Crippen LogP contribution in [0.2, 0.25) is 0 Å². The second-order valence-electron chi connectivity index (χ2n) is 6.82. The minimum atomic E-state index is -4.23. The van der Waals surface area contributed by atoms with Crippen LogP contribution in [0.15, 0.2) is 93.9 Å². The van der Waals surface area contributed by atoms with E-state index in [-0.39, 0.29) is 33.1 Å². The zero-order valence-electron chi connectivity index (χ0n) is 16.3. The van der Waals surface area contributed by atoms with Crippen LogP contribution in [0.5, 0.6) is 0 Å². The summed E-state index contributed by atoms with van der Waals surface area (Å²) in [6.45, 7) is 0. The molecular weight excluding hydrogens is 435 g/mol. The molecule has 0 bridgehead atoms. The number of fused-ring (bicyclic) bond motifs is 1. The van der Waals surface area contributed by atoms with Gasteiger partial charge in [0.05, 0.1) is 27.6 Å². The number of nitrogens with zero attached hydrogens (tertiary/aromatic N) is 1. The molecule has 9 heteroatoms. The topological polar surface area (TPSA) is 113 Å². The summed E-state index contributed by atoms with van der Waals surface area (Å²) in [5, 5.41) is 11.7. The van der Waals surface area contributed by atoms with E-state index in [1.807, 2.05) is 0 Å². The van der Waals surface area contributed by atoms with Gasteiger partial charge in [-0.25, -0.2) is 9.18 Å². The molecular formula is C23H15FN2O5S. The monoisotopic (exact) mass is 450 g/mol. The highest BCUT2D eigenvalue weighted by Gasteiger charge is 2.26. The lowest BCUT2D eigenvalue weighted by Gasteiger charge is -2.19. The Morgan fingerprint density at radius 2 is 1.53 bits per heavy atom. The lowest BCUT2D eigenvalue weighted by atomic mass is 9.92. The van der Waals surface area contributed by atoms with E-state index in [0.717, 1.165) is 24.3 Å². The summed E-state index contributed by atoms with van der Waals surface area (Å²) < 4.78 is 43.7. The molecule has 0 amide bonds. The summed E-state index contributed by atoms with van der Waals surface area (Å²) >= 11 is 0. The molecule has 160 valence electrons. The summed E-state index contributed by atoms with van der Waals surface area (Å²) in [5.74, 6) is -2.21. The minimum absolute atomic E-state index is 0.0126. The van der Waals surface area contributed by atoms with Crippen molar-refractivity contribution in [3.8, 4) is 0 Å². The summed E-state index contributed by atoms with van der Waals surface area (Å²) in [4.78, 5) is 23.7. The number of carboxylic acid groups (broad SMARTS) is 1. The third kappa shape index (κ3) is 4.06. The van der Waals surface area contributed by atoms with E-state index in [0.29, 0.717) is 5.56 Å². The maximum Gasteiger partial charge on any atom is 0.335 e. The number of para-hydroxylation sites is 1. The molecule has 0 saturated heterocycles. The first-order valence-electron chi connectivity index (χ1n) is 9.32. The quantitative estimate of drug-likeness (QED) is 0.610. The number of hydrogen-bond acceptors (Lipinski definition) is 5. The molecule has 4 rings (SSSR count). The van der Waals surface area contributed by atoms with Gasteiger partial charge in [0.25, 0.3) is 10.0 Å². The molecule has 0 atom stereocenters. The lowest BCUT2D eigenvalue weighted by Crippen LogP contribution is -2.23. The fraction of sp³-hybridized carbons (Fsp3) is 0. The molecule has 3 aromatic carbocycles. The van der Waals surface area contributed by atoms with Crippen molar-refractivity contribution in [3.05, 3.63) is 107 Å². The number of anilines is 1. The molecule has 0 unspecified atom stereocenters.